The van der Waals surface area contributed by atoms with Gasteiger partial charge >= 0.3 is 0 Å². The fourth-order valence-electron chi connectivity index (χ4n) is 2.17. The molecule has 124 valence electrons. The van der Waals surface area contributed by atoms with E-state index in [1.165, 1.54) is 0 Å². The topological polar surface area (TPSA) is 84.0 Å². The number of carbonyl (C=O) groups excluding carboxylic acids is 2. The Kier molecular flexibility index (Phi) is 5.11. The molecule has 0 aliphatic heterocycles. The lowest BCUT2D eigenvalue weighted by atomic mass is 10.2. The van der Waals surface area contributed by atoms with Crippen LogP contribution >= 0.6 is 0 Å². The summed E-state index contributed by atoms with van der Waals surface area (Å²) in [5.41, 5.74) is 1.76. The molecule has 3 rings (SSSR count). The van der Waals surface area contributed by atoms with Crippen molar-refractivity contribution in [1.29, 1.82) is 0 Å². The van der Waals surface area contributed by atoms with Crippen LogP contribution < -0.4 is 10.6 Å². The molecule has 0 saturated heterocycles. The van der Waals surface area contributed by atoms with E-state index < -0.39 is 0 Å². The highest BCUT2D eigenvalue weighted by Crippen LogP contribution is 2.08. The summed E-state index contributed by atoms with van der Waals surface area (Å²) < 4.78 is 0. The first-order chi connectivity index (χ1) is 12.2. The van der Waals surface area contributed by atoms with Crippen molar-refractivity contribution in [1.82, 2.24) is 15.3 Å². The maximum absolute atomic E-state index is 12.3. The third-order valence-corrected chi connectivity index (χ3v) is 3.40. The van der Waals surface area contributed by atoms with Crippen LogP contribution in [0, 0.1) is 0 Å². The zero-order valence-electron chi connectivity index (χ0n) is 13.3. The number of aromatic nitrogens is 2. The number of nitrogens with one attached hydrogen (secondary N) is 2. The number of nitrogens with zero attached hydrogens (tertiary/aromatic N) is 2. The van der Waals surface area contributed by atoms with E-state index in [-0.39, 0.29) is 23.2 Å². The van der Waals surface area contributed by atoms with E-state index in [4.69, 9.17) is 0 Å². The molecule has 0 bridgehead atoms. The maximum Gasteiger partial charge on any atom is 0.274 e. The van der Waals surface area contributed by atoms with Crippen molar-refractivity contribution in [3.63, 3.8) is 0 Å². The van der Waals surface area contributed by atoms with Crippen LogP contribution in [-0.2, 0) is 6.54 Å². The van der Waals surface area contributed by atoms with Crippen molar-refractivity contribution in [2.45, 2.75) is 6.54 Å². The Morgan fingerprint density at radius 2 is 1.52 bits per heavy atom. The SMILES string of the molecule is O=C(NCc1ccccn1)c1cccc(C(=O)Nc2ccccc2)n1. The summed E-state index contributed by atoms with van der Waals surface area (Å²) in [6.07, 6.45) is 1.66. The Morgan fingerprint density at radius 1 is 0.800 bits per heavy atom. The molecule has 0 atom stereocenters. The summed E-state index contributed by atoms with van der Waals surface area (Å²) in [5, 5.41) is 5.47. The van der Waals surface area contributed by atoms with Crippen molar-refractivity contribution in [2.24, 2.45) is 0 Å². The lowest BCUT2D eigenvalue weighted by Gasteiger charge is -2.07. The predicted molar refractivity (Wildman–Crippen MR) is 94.0 cm³/mol. The van der Waals surface area contributed by atoms with Gasteiger partial charge in [-0.15, -0.1) is 0 Å². The van der Waals surface area contributed by atoms with Crippen molar-refractivity contribution < 1.29 is 9.59 Å². The minimum atomic E-state index is -0.370. The lowest BCUT2D eigenvalue weighted by Crippen LogP contribution is -2.25. The summed E-state index contributed by atoms with van der Waals surface area (Å²) >= 11 is 0. The molecule has 0 fully saturated rings. The number of para-hydroxylation sites is 1. The van der Waals surface area contributed by atoms with Gasteiger partial charge in [-0.25, -0.2) is 4.98 Å². The van der Waals surface area contributed by atoms with E-state index in [1.807, 2.05) is 36.4 Å². The van der Waals surface area contributed by atoms with Gasteiger partial charge in [0.25, 0.3) is 11.8 Å². The molecule has 2 N–H and O–H groups in total. The zero-order chi connectivity index (χ0) is 17.5. The van der Waals surface area contributed by atoms with Gasteiger partial charge in [-0.2, -0.15) is 0 Å². The predicted octanol–water partition coefficient (Wildman–Crippen LogP) is 2.66. The molecular formula is C19H16N4O2. The van der Waals surface area contributed by atoms with Gasteiger partial charge in [-0.3, -0.25) is 14.6 Å². The van der Waals surface area contributed by atoms with Gasteiger partial charge in [0.15, 0.2) is 0 Å². The monoisotopic (exact) mass is 332 g/mol. The van der Waals surface area contributed by atoms with E-state index in [0.717, 1.165) is 5.69 Å². The summed E-state index contributed by atoms with van der Waals surface area (Å²) in [5.74, 6) is -0.731. The number of pyridine rings is 2. The van der Waals surface area contributed by atoms with E-state index in [0.29, 0.717) is 12.2 Å². The average molecular weight is 332 g/mol. The molecule has 6 nitrogen and oxygen atoms in total. The molecule has 0 aliphatic carbocycles. The summed E-state index contributed by atoms with van der Waals surface area (Å²) in [6.45, 7) is 0.293. The standard InChI is InChI=1S/C19H16N4O2/c24-18(21-13-15-9-4-5-12-20-15)16-10-6-11-17(23-16)19(25)22-14-7-2-1-3-8-14/h1-12H,13H2,(H,21,24)(H,22,25). The first kappa shape index (κ1) is 16.3. The second kappa shape index (κ2) is 7.83. The van der Waals surface area contributed by atoms with Gasteiger partial charge in [0.1, 0.15) is 11.4 Å². The minimum Gasteiger partial charge on any atom is -0.345 e. The number of hydrogen-bond acceptors (Lipinski definition) is 4. The molecular weight excluding hydrogens is 316 g/mol. The van der Waals surface area contributed by atoms with Gasteiger partial charge in [-0.05, 0) is 36.4 Å². The number of amides is 2. The highest BCUT2D eigenvalue weighted by molar-refractivity contribution is 6.03. The van der Waals surface area contributed by atoms with E-state index in [2.05, 4.69) is 20.6 Å². The fourth-order valence-corrected chi connectivity index (χ4v) is 2.17. The van der Waals surface area contributed by atoms with Crippen LogP contribution in [0.25, 0.3) is 0 Å². The second-order valence-corrected chi connectivity index (χ2v) is 5.23. The largest absolute Gasteiger partial charge is 0.345 e. The maximum atomic E-state index is 12.3. The molecule has 1 aromatic carbocycles. The average Bonchev–Trinajstić information content (AvgIpc) is 2.68. The minimum absolute atomic E-state index is 0.175. The van der Waals surface area contributed by atoms with Crippen molar-refractivity contribution >= 4 is 17.5 Å². The van der Waals surface area contributed by atoms with E-state index in [1.54, 1.807) is 36.5 Å². The van der Waals surface area contributed by atoms with Crippen LogP contribution in [0.2, 0.25) is 0 Å². The number of anilines is 1. The van der Waals surface area contributed by atoms with Crippen LogP contribution in [0.4, 0.5) is 5.69 Å². The smallest absolute Gasteiger partial charge is 0.274 e. The van der Waals surface area contributed by atoms with Gasteiger partial charge in [-0.1, -0.05) is 30.3 Å². The number of rotatable bonds is 5. The fraction of sp³-hybridized carbons (Fsp3) is 0.0526. The molecule has 0 unspecified atom stereocenters. The first-order valence-electron chi connectivity index (χ1n) is 7.74. The Hall–Kier alpha value is -3.54. The summed E-state index contributed by atoms with van der Waals surface area (Å²) in [7, 11) is 0. The Labute approximate surface area is 145 Å². The second-order valence-electron chi connectivity index (χ2n) is 5.23. The highest BCUT2D eigenvalue weighted by Gasteiger charge is 2.12. The van der Waals surface area contributed by atoms with Gasteiger partial charge in [0.2, 0.25) is 0 Å². The third-order valence-electron chi connectivity index (χ3n) is 3.40. The molecule has 2 aromatic heterocycles. The van der Waals surface area contributed by atoms with Gasteiger partial charge in [0.05, 0.1) is 12.2 Å². The Bertz CT molecular complexity index is 867. The van der Waals surface area contributed by atoms with Gasteiger partial charge in [0, 0.05) is 11.9 Å². The molecule has 6 heteroatoms. The van der Waals surface area contributed by atoms with Crippen LogP contribution in [0.3, 0.4) is 0 Å². The van der Waals surface area contributed by atoms with Crippen LogP contribution in [0.5, 0.6) is 0 Å². The molecule has 2 heterocycles. The number of benzene rings is 1. The van der Waals surface area contributed by atoms with E-state index >= 15 is 0 Å². The first-order valence-corrected chi connectivity index (χ1v) is 7.74. The highest BCUT2D eigenvalue weighted by atomic mass is 16.2. The van der Waals surface area contributed by atoms with Crippen molar-refractivity contribution in [3.05, 3.63) is 90.0 Å². The molecule has 0 saturated carbocycles. The van der Waals surface area contributed by atoms with Crippen molar-refractivity contribution in [3.8, 4) is 0 Å². The van der Waals surface area contributed by atoms with Crippen LogP contribution in [0.15, 0.2) is 72.9 Å². The molecule has 0 spiro atoms. The normalized spacial score (nSPS) is 10.1. The van der Waals surface area contributed by atoms with Crippen molar-refractivity contribution in [2.75, 3.05) is 5.32 Å². The Balaban J connectivity index is 1.66. The number of carbonyl (C=O) groups is 2. The Morgan fingerprint density at radius 3 is 2.24 bits per heavy atom. The molecule has 0 aliphatic rings. The van der Waals surface area contributed by atoms with Crippen LogP contribution in [-0.4, -0.2) is 21.8 Å². The molecule has 0 radical (unpaired) electrons. The summed E-state index contributed by atoms with van der Waals surface area (Å²) in [6, 6.07) is 19.3. The third kappa shape index (κ3) is 4.48. The molecule has 25 heavy (non-hydrogen) atoms. The van der Waals surface area contributed by atoms with Gasteiger partial charge < -0.3 is 10.6 Å². The summed E-state index contributed by atoms with van der Waals surface area (Å²) in [4.78, 5) is 32.7. The van der Waals surface area contributed by atoms with Crippen LogP contribution in [0.1, 0.15) is 26.7 Å². The molecule has 3 aromatic rings. The quantitative estimate of drug-likeness (QED) is 0.752. The lowest BCUT2D eigenvalue weighted by molar-refractivity contribution is 0.0945. The number of hydrogen-bond donors (Lipinski definition) is 2. The molecule has 2 amide bonds. The zero-order valence-corrected chi connectivity index (χ0v) is 13.3. The van der Waals surface area contributed by atoms with E-state index in [9.17, 15) is 9.59 Å².